The minimum Gasteiger partial charge on any atom is -0.338 e. The van der Waals surface area contributed by atoms with E-state index in [9.17, 15) is 9.59 Å². The first-order chi connectivity index (χ1) is 15.9. The summed E-state index contributed by atoms with van der Waals surface area (Å²) in [5.41, 5.74) is 0.470. The lowest BCUT2D eigenvalue weighted by molar-refractivity contribution is 0.0421. The molecule has 0 unspecified atom stereocenters. The van der Waals surface area contributed by atoms with Gasteiger partial charge in [-0.15, -0.1) is 0 Å². The Morgan fingerprint density at radius 2 is 1.82 bits per heavy atom. The molecular formula is C25H20ClFN4O2. The Hall–Kier alpha value is -3.76. The van der Waals surface area contributed by atoms with Crippen molar-refractivity contribution in [3.63, 3.8) is 0 Å². The van der Waals surface area contributed by atoms with Gasteiger partial charge in [-0.3, -0.25) is 14.6 Å². The van der Waals surface area contributed by atoms with Crippen LogP contribution in [-0.2, 0) is 5.67 Å². The van der Waals surface area contributed by atoms with Gasteiger partial charge in [-0.25, -0.2) is 4.39 Å². The molecule has 33 heavy (non-hydrogen) atoms. The topological polar surface area (TPSA) is 86.1 Å². The molecule has 1 aliphatic rings. The maximum atomic E-state index is 15.5. The Balaban J connectivity index is 1.45. The first-order valence-corrected chi connectivity index (χ1v) is 10.8. The number of hydrogen-bond acceptors (Lipinski definition) is 4. The van der Waals surface area contributed by atoms with Gasteiger partial charge >= 0.3 is 0 Å². The maximum absolute atomic E-state index is 15.5. The summed E-state index contributed by atoms with van der Waals surface area (Å²) in [6.07, 6.45) is 3.31. The number of anilines is 1. The van der Waals surface area contributed by atoms with Gasteiger partial charge < -0.3 is 10.2 Å². The highest BCUT2D eigenvalue weighted by atomic mass is 35.5. The van der Waals surface area contributed by atoms with Crippen molar-refractivity contribution in [3.05, 3.63) is 94.3 Å². The molecule has 1 aliphatic heterocycles. The van der Waals surface area contributed by atoms with Crippen molar-refractivity contribution in [2.75, 3.05) is 18.4 Å². The molecule has 1 aromatic heterocycles. The smallest absolute Gasteiger partial charge is 0.257 e. The van der Waals surface area contributed by atoms with Gasteiger partial charge in [0, 0.05) is 43.9 Å². The van der Waals surface area contributed by atoms with Crippen molar-refractivity contribution in [1.29, 1.82) is 5.26 Å². The Morgan fingerprint density at radius 1 is 1.09 bits per heavy atom. The van der Waals surface area contributed by atoms with E-state index in [2.05, 4.69) is 10.3 Å². The van der Waals surface area contributed by atoms with E-state index < -0.39 is 11.6 Å². The number of halogens is 2. The summed E-state index contributed by atoms with van der Waals surface area (Å²) in [4.78, 5) is 31.0. The minimum absolute atomic E-state index is 0.156. The third kappa shape index (κ3) is 4.86. The number of likely N-dealkylation sites (tertiary alicyclic amines) is 1. The second-order valence-corrected chi connectivity index (χ2v) is 8.24. The second kappa shape index (κ2) is 9.39. The summed E-state index contributed by atoms with van der Waals surface area (Å²) in [5.74, 6) is -0.650. The molecule has 6 nitrogen and oxygen atoms in total. The standard InChI is InChI=1S/C25H20ClFN4O2/c26-21-8-5-18(14-22(21)30-23(32)19-2-1-11-29-16-19)24(33)31-12-9-25(27,10-13-31)20-6-3-17(15-28)4-7-20/h1-8,11,14,16H,9-10,12-13H2,(H,30,32). The largest absolute Gasteiger partial charge is 0.338 e. The number of aromatic nitrogens is 1. The number of pyridine rings is 1. The van der Waals surface area contributed by atoms with Crippen molar-refractivity contribution in [1.82, 2.24) is 9.88 Å². The van der Waals surface area contributed by atoms with Gasteiger partial charge in [0.15, 0.2) is 0 Å². The fourth-order valence-corrected chi connectivity index (χ4v) is 3.99. The first-order valence-electron chi connectivity index (χ1n) is 10.4. The highest BCUT2D eigenvalue weighted by Crippen LogP contribution is 2.37. The highest BCUT2D eigenvalue weighted by Gasteiger charge is 2.37. The number of nitriles is 1. The summed E-state index contributed by atoms with van der Waals surface area (Å²) in [7, 11) is 0. The molecule has 2 aromatic carbocycles. The summed E-state index contributed by atoms with van der Waals surface area (Å²) < 4.78 is 15.5. The van der Waals surface area contributed by atoms with Crippen LogP contribution >= 0.6 is 11.6 Å². The van der Waals surface area contributed by atoms with Crippen molar-refractivity contribution < 1.29 is 14.0 Å². The highest BCUT2D eigenvalue weighted by molar-refractivity contribution is 6.34. The van der Waals surface area contributed by atoms with Crippen LogP contribution in [0.4, 0.5) is 10.1 Å². The molecule has 4 rings (SSSR count). The predicted molar refractivity (Wildman–Crippen MR) is 123 cm³/mol. The molecule has 2 heterocycles. The molecule has 0 radical (unpaired) electrons. The maximum Gasteiger partial charge on any atom is 0.257 e. The van der Waals surface area contributed by atoms with E-state index in [0.29, 0.717) is 33.0 Å². The molecule has 1 N–H and O–H groups in total. The van der Waals surface area contributed by atoms with Crippen LogP contribution in [0.25, 0.3) is 0 Å². The number of amides is 2. The lowest BCUT2D eigenvalue weighted by Crippen LogP contribution is -2.43. The fourth-order valence-electron chi connectivity index (χ4n) is 3.82. The lowest BCUT2D eigenvalue weighted by atomic mass is 9.85. The summed E-state index contributed by atoms with van der Waals surface area (Å²) in [6.45, 7) is 0.491. The van der Waals surface area contributed by atoms with Crippen LogP contribution in [0.3, 0.4) is 0 Å². The molecular weight excluding hydrogens is 443 g/mol. The van der Waals surface area contributed by atoms with Crippen LogP contribution in [0.5, 0.6) is 0 Å². The molecule has 1 fully saturated rings. The Bertz CT molecular complexity index is 1220. The van der Waals surface area contributed by atoms with E-state index in [1.54, 1.807) is 59.6 Å². The molecule has 1 saturated heterocycles. The summed E-state index contributed by atoms with van der Waals surface area (Å²) in [5, 5.41) is 11.9. The first kappa shape index (κ1) is 22.4. The number of carbonyl (C=O) groups excluding carboxylic acids is 2. The number of piperidine rings is 1. The van der Waals surface area contributed by atoms with Crippen LogP contribution in [-0.4, -0.2) is 34.8 Å². The molecule has 0 atom stereocenters. The summed E-state index contributed by atoms with van der Waals surface area (Å²) in [6, 6.07) is 16.4. The normalized spacial score (nSPS) is 14.9. The van der Waals surface area contributed by atoms with Gasteiger partial charge in [-0.2, -0.15) is 5.26 Å². The monoisotopic (exact) mass is 462 g/mol. The van der Waals surface area contributed by atoms with Crippen molar-refractivity contribution in [2.45, 2.75) is 18.5 Å². The zero-order chi connectivity index (χ0) is 23.4. The molecule has 2 amide bonds. The van der Waals surface area contributed by atoms with E-state index in [1.807, 2.05) is 6.07 Å². The van der Waals surface area contributed by atoms with Crippen LogP contribution in [0.1, 0.15) is 44.7 Å². The molecule has 0 spiro atoms. The van der Waals surface area contributed by atoms with Crippen LogP contribution < -0.4 is 5.32 Å². The minimum atomic E-state index is -1.55. The van der Waals surface area contributed by atoms with E-state index in [1.165, 1.54) is 12.3 Å². The zero-order valence-electron chi connectivity index (χ0n) is 17.6. The number of nitrogens with one attached hydrogen (secondary N) is 1. The number of nitrogens with zero attached hydrogens (tertiary/aromatic N) is 3. The molecule has 8 heteroatoms. The second-order valence-electron chi connectivity index (χ2n) is 7.84. The van der Waals surface area contributed by atoms with E-state index in [-0.39, 0.29) is 31.8 Å². The van der Waals surface area contributed by atoms with Gasteiger partial charge in [0.25, 0.3) is 11.8 Å². The predicted octanol–water partition coefficient (Wildman–Crippen LogP) is 4.96. The van der Waals surface area contributed by atoms with E-state index >= 15 is 4.39 Å². The van der Waals surface area contributed by atoms with Crippen LogP contribution in [0.2, 0.25) is 5.02 Å². The van der Waals surface area contributed by atoms with Gasteiger partial charge in [-0.05, 0) is 48.0 Å². The Kier molecular flexibility index (Phi) is 6.38. The molecule has 0 aliphatic carbocycles. The number of hydrogen-bond donors (Lipinski definition) is 1. The zero-order valence-corrected chi connectivity index (χ0v) is 18.3. The average molecular weight is 463 g/mol. The quantitative estimate of drug-likeness (QED) is 0.593. The Morgan fingerprint density at radius 3 is 2.45 bits per heavy atom. The van der Waals surface area contributed by atoms with Crippen molar-refractivity contribution in [3.8, 4) is 6.07 Å². The SMILES string of the molecule is N#Cc1ccc(C2(F)CCN(C(=O)c3ccc(Cl)c(NC(=O)c4cccnc4)c3)CC2)cc1. The number of rotatable bonds is 4. The number of carbonyl (C=O) groups is 2. The van der Waals surface area contributed by atoms with E-state index in [4.69, 9.17) is 16.9 Å². The molecule has 166 valence electrons. The number of benzene rings is 2. The third-order valence-electron chi connectivity index (χ3n) is 5.76. The van der Waals surface area contributed by atoms with Crippen LogP contribution in [0.15, 0.2) is 67.0 Å². The Labute approximate surface area is 195 Å². The van der Waals surface area contributed by atoms with Crippen LogP contribution in [0, 0.1) is 11.3 Å². The number of alkyl halides is 1. The average Bonchev–Trinajstić information content (AvgIpc) is 2.86. The van der Waals surface area contributed by atoms with Crippen molar-refractivity contribution >= 4 is 29.1 Å². The van der Waals surface area contributed by atoms with Gasteiger partial charge in [-0.1, -0.05) is 23.7 Å². The fraction of sp³-hybridized carbons (Fsp3) is 0.200. The van der Waals surface area contributed by atoms with Gasteiger partial charge in [0.05, 0.1) is 27.9 Å². The third-order valence-corrected chi connectivity index (χ3v) is 6.09. The van der Waals surface area contributed by atoms with Gasteiger partial charge in [0.1, 0.15) is 5.67 Å². The summed E-state index contributed by atoms with van der Waals surface area (Å²) >= 11 is 6.22. The molecule has 3 aromatic rings. The molecule has 0 saturated carbocycles. The lowest BCUT2D eigenvalue weighted by Gasteiger charge is -2.36. The van der Waals surface area contributed by atoms with Gasteiger partial charge in [0.2, 0.25) is 0 Å². The molecule has 0 bridgehead atoms. The van der Waals surface area contributed by atoms with E-state index in [0.717, 1.165) is 0 Å². The van der Waals surface area contributed by atoms with Crippen molar-refractivity contribution in [2.24, 2.45) is 0 Å².